The fraction of sp³-hybridized carbons (Fsp3) is 0.417. The standard InChI is InChI=1S/C12H17NOS/c1-9(2)10-5-3-4-6-11(10)14-8-7-12(13)15/h3-6,9H,7-8H2,1-2H3,(H2,13,15). The van der Waals surface area contributed by atoms with Crippen molar-refractivity contribution in [1.82, 2.24) is 0 Å². The molecule has 0 aromatic heterocycles. The summed E-state index contributed by atoms with van der Waals surface area (Å²) in [7, 11) is 0. The van der Waals surface area contributed by atoms with E-state index in [4.69, 9.17) is 22.7 Å². The Hall–Kier alpha value is -1.09. The number of hydrogen-bond acceptors (Lipinski definition) is 2. The first kappa shape index (κ1) is 12.0. The monoisotopic (exact) mass is 223 g/mol. The second kappa shape index (κ2) is 5.71. The second-order valence-electron chi connectivity index (χ2n) is 3.76. The molecule has 0 bridgehead atoms. The molecule has 15 heavy (non-hydrogen) atoms. The van der Waals surface area contributed by atoms with E-state index >= 15 is 0 Å². The molecular weight excluding hydrogens is 206 g/mol. The SMILES string of the molecule is CC(C)c1ccccc1OCCC(N)=S. The van der Waals surface area contributed by atoms with E-state index in [2.05, 4.69) is 19.9 Å². The first-order valence-corrected chi connectivity index (χ1v) is 5.52. The third kappa shape index (κ3) is 3.88. The highest BCUT2D eigenvalue weighted by molar-refractivity contribution is 7.80. The van der Waals surface area contributed by atoms with Gasteiger partial charge < -0.3 is 10.5 Å². The molecule has 3 heteroatoms. The van der Waals surface area contributed by atoms with Gasteiger partial charge in [0.1, 0.15) is 5.75 Å². The summed E-state index contributed by atoms with van der Waals surface area (Å²) in [6.07, 6.45) is 0.627. The lowest BCUT2D eigenvalue weighted by atomic mass is 10.0. The second-order valence-corrected chi connectivity index (χ2v) is 4.28. The summed E-state index contributed by atoms with van der Waals surface area (Å²) in [5, 5.41) is 0. The van der Waals surface area contributed by atoms with Crippen molar-refractivity contribution in [3.8, 4) is 5.75 Å². The Kier molecular flexibility index (Phi) is 4.56. The Bertz CT molecular complexity index is 336. The maximum atomic E-state index is 5.64. The Labute approximate surface area is 96.4 Å². The molecule has 0 unspecified atom stereocenters. The molecule has 0 aliphatic carbocycles. The molecule has 2 N–H and O–H groups in total. The van der Waals surface area contributed by atoms with Gasteiger partial charge in [-0.1, -0.05) is 44.3 Å². The van der Waals surface area contributed by atoms with Gasteiger partial charge in [0.15, 0.2) is 0 Å². The molecule has 0 aliphatic rings. The van der Waals surface area contributed by atoms with Gasteiger partial charge in [0.2, 0.25) is 0 Å². The molecule has 1 aromatic carbocycles. The fourth-order valence-corrected chi connectivity index (χ4v) is 1.43. The minimum atomic E-state index is 0.464. The number of hydrogen-bond donors (Lipinski definition) is 1. The maximum absolute atomic E-state index is 5.64. The quantitative estimate of drug-likeness (QED) is 0.780. The van der Waals surface area contributed by atoms with E-state index in [0.29, 0.717) is 23.9 Å². The molecule has 0 fully saturated rings. The molecule has 0 spiro atoms. The molecule has 2 nitrogen and oxygen atoms in total. The minimum absolute atomic E-state index is 0.464. The third-order valence-corrected chi connectivity index (χ3v) is 2.35. The molecule has 0 heterocycles. The van der Waals surface area contributed by atoms with Crippen molar-refractivity contribution in [3.05, 3.63) is 29.8 Å². The van der Waals surface area contributed by atoms with Gasteiger partial charge in [0.25, 0.3) is 0 Å². The number of ether oxygens (including phenoxy) is 1. The molecule has 0 radical (unpaired) electrons. The molecule has 0 aliphatic heterocycles. The smallest absolute Gasteiger partial charge is 0.122 e. The van der Waals surface area contributed by atoms with Crippen molar-refractivity contribution in [2.24, 2.45) is 5.73 Å². The molecule has 1 rings (SSSR count). The lowest BCUT2D eigenvalue weighted by Gasteiger charge is -2.13. The van der Waals surface area contributed by atoms with Crippen molar-refractivity contribution in [2.45, 2.75) is 26.2 Å². The Morgan fingerprint density at radius 3 is 2.67 bits per heavy atom. The van der Waals surface area contributed by atoms with E-state index in [-0.39, 0.29) is 0 Å². The number of rotatable bonds is 5. The number of nitrogens with two attached hydrogens (primary N) is 1. The zero-order valence-electron chi connectivity index (χ0n) is 9.19. The zero-order chi connectivity index (χ0) is 11.3. The van der Waals surface area contributed by atoms with E-state index in [9.17, 15) is 0 Å². The van der Waals surface area contributed by atoms with Crippen LogP contribution in [0.4, 0.5) is 0 Å². The van der Waals surface area contributed by atoms with E-state index in [0.717, 1.165) is 5.75 Å². The molecular formula is C12H17NOS. The predicted octanol–water partition coefficient (Wildman–Crippen LogP) is 2.87. The van der Waals surface area contributed by atoms with Gasteiger partial charge in [-0.25, -0.2) is 0 Å². The highest BCUT2D eigenvalue weighted by Gasteiger charge is 2.06. The van der Waals surface area contributed by atoms with E-state index < -0.39 is 0 Å². The lowest BCUT2D eigenvalue weighted by molar-refractivity contribution is 0.325. The molecule has 0 saturated carbocycles. The van der Waals surface area contributed by atoms with Crippen molar-refractivity contribution >= 4 is 17.2 Å². The predicted molar refractivity (Wildman–Crippen MR) is 67.4 cm³/mol. The van der Waals surface area contributed by atoms with Gasteiger partial charge in [0.05, 0.1) is 11.6 Å². The normalized spacial score (nSPS) is 10.3. The molecule has 1 aromatic rings. The zero-order valence-corrected chi connectivity index (χ0v) is 10.0. The first-order chi connectivity index (χ1) is 7.11. The van der Waals surface area contributed by atoms with E-state index in [1.165, 1.54) is 5.56 Å². The maximum Gasteiger partial charge on any atom is 0.122 e. The van der Waals surface area contributed by atoms with Gasteiger partial charge in [0, 0.05) is 6.42 Å². The van der Waals surface area contributed by atoms with Crippen molar-refractivity contribution < 1.29 is 4.74 Å². The van der Waals surface area contributed by atoms with Crippen LogP contribution >= 0.6 is 12.2 Å². The third-order valence-electron chi connectivity index (χ3n) is 2.15. The van der Waals surface area contributed by atoms with Gasteiger partial charge >= 0.3 is 0 Å². The number of thiocarbonyl (C=S) groups is 1. The van der Waals surface area contributed by atoms with Gasteiger partial charge in [-0.2, -0.15) is 0 Å². The van der Waals surface area contributed by atoms with Gasteiger partial charge in [-0.3, -0.25) is 0 Å². The summed E-state index contributed by atoms with van der Waals surface area (Å²) in [5.41, 5.74) is 6.63. The first-order valence-electron chi connectivity index (χ1n) is 5.11. The average Bonchev–Trinajstić information content (AvgIpc) is 2.17. The van der Waals surface area contributed by atoms with Crippen LogP contribution in [0.25, 0.3) is 0 Å². The van der Waals surface area contributed by atoms with Crippen LogP contribution in [0.3, 0.4) is 0 Å². The molecule has 0 saturated heterocycles. The summed E-state index contributed by atoms with van der Waals surface area (Å²) in [6.45, 7) is 4.85. The van der Waals surface area contributed by atoms with Crippen molar-refractivity contribution in [2.75, 3.05) is 6.61 Å². The van der Waals surface area contributed by atoms with Crippen LogP contribution in [0.5, 0.6) is 5.75 Å². The highest BCUT2D eigenvalue weighted by atomic mass is 32.1. The van der Waals surface area contributed by atoms with Crippen molar-refractivity contribution in [3.63, 3.8) is 0 Å². The van der Waals surface area contributed by atoms with Gasteiger partial charge in [-0.15, -0.1) is 0 Å². The number of benzene rings is 1. The topological polar surface area (TPSA) is 35.2 Å². The molecule has 0 amide bonds. The summed E-state index contributed by atoms with van der Waals surface area (Å²) in [4.78, 5) is 0.497. The summed E-state index contributed by atoms with van der Waals surface area (Å²) in [5.74, 6) is 1.40. The van der Waals surface area contributed by atoms with Crippen LogP contribution in [0.15, 0.2) is 24.3 Å². The van der Waals surface area contributed by atoms with Crippen LogP contribution in [-0.4, -0.2) is 11.6 Å². The molecule has 82 valence electrons. The van der Waals surface area contributed by atoms with Crippen LogP contribution in [0.1, 0.15) is 31.7 Å². The van der Waals surface area contributed by atoms with E-state index in [1.54, 1.807) is 0 Å². The number of para-hydroxylation sites is 1. The average molecular weight is 223 g/mol. The Morgan fingerprint density at radius 1 is 1.40 bits per heavy atom. The van der Waals surface area contributed by atoms with Crippen LogP contribution in [-0.2, 0) is 0 Å². The Balaban J connectivity index is 2.63. The van der Waals surface area contributed by atoms with Gasteiger partial charge in [-0.05, 0) is 17.5 Å². The highest BCUT2D eigenvalue weighted by Crippen LogP contribution is 2.25. The van der Waals surface area contributed by atoms with Crippen LogP contribution in [0.2, 0.25) is 0 Å². The summed E-state index contributed by atoms with van der Waals surface area (Å²) in [6, 6.07) is 8.06. The van der Waals surface area contributed by atoms with Crippen LogP contribution < -0.4 is 10.5 Å². The summed E-state index contributed by atoms with van der Waals surface area (Å²) < 4.78 is 5.64. The van der Waals surface area contributed by atoms with Crippen LogP contribution in [0, 0.1) is 0 Å². The largest absolute Gasteiger partial charge is 0.493 e. The lowest BCUT2D eigenvalue weighted by Crippen LogP contribution is -2.13. The summed E-state index contributed by atoms with van der Waals surface area (Å²) >= 11 is 4.79. The van der Waals surface area contributed by atoms with Crippen molar-refractivity contribution in [1.29, 1.82) is 0 Å². The van der Waals surface area contributed by atoms with E-state index in [1.807, 2.05) is 18.2 Å². The Morgan fingerprint density at radius 2 is 2.07 bits per heavy atom. The minimum Gasteiger partial charge on any atom is -0.493 e. The fourth-order valence-electron chi connectivity index (χ4n) is 1.35. The molecule has 0 atom stereocenters.